The minimum absolute atomic E-state index is 0.616. The lowest BCUT2D eigenvalue weighted by Gasteiger charge is -2.29. The zero-order valence-corrected chi connectivity index (χ0v) is 9.66. The lowest BCUT2D eigenvalue weighted by molar-refractivity contribution is 0.292. The van der Waals surface area contributed by atoms with Gasteiger partial charge in [-0.3, -0.25) is 0 Å². The first-order valence-electron chi connectivity index (χ1n) is 5.78. The van der Waals surface area contributed by atoms with Crippen LogP contribution in [0.3, 0.4) is 0 Å². The summed E-state index contributed by atoms with van der Waals surface area (Å²) in [4.78, 5) is 2.37. The molecule has 1 aromatic rings. The summed E-state index contributed by atoms with van der Waals surface area (Å²) in [5.41, 5.74) is 2.98. The summed E-state index contributed by atoms with van der Waals surface area (Å²) in [7, 11) is 2.18. The predicted molar refractivity (Wildman–Crippen MR) is 63.9 cm³/mol. The molecule has 1 N–H and O–H groups in total. The Hall–Kier alpha value is -0.860. The zero-order valence-electron chi connectivity index (χ0n) is 9.66. The molecule has 1 aliphatic heterocycles. The molecule has 15 heavy (non-hydrogen) atoms. The molecule has 0 spiro atoms. The Kier molecular flexibility index (Phi) is 3.39. The topological polar surface area (TPSA) is 15.3 Å². The monoisotopic (exact) mass is 204 g/mol. The highest BCUT2D eigenvalue weighted by molar-refractivity contribution is 5.29. The number of benzene rings is 1. The first-order valence-corrected chi connectivity index (χ1v) is 5.78. The Morgan fingerprint density at radius 1 is 1.33 bits per heavy atom. The van der Waals surface area contributed by atoms with Crippen molar-refractivity contribution in [2.75, 3.05) is 20.1 Å². The average Bonchev–Trinajstić information content (AvgIpc) is 2.29. The molecule has 0 fully saturated rings. The lowest BCUT2D eigenvalue weighted by Crippen LogP contribution is -2.43. The molecule has 0 radical (unpaired) electrons. The molecule has 1 aromatic carbocycles. The van der Waals surface area contributed by atoms with Crippen molar-refractivity contribution >= 4 is 0 Å². The van der Waals surface area contributed by atoms with Crippen LogP contribution < -0.4 is 5.32 Å². The molecule has 0 saturated heterocycles. The van der Waals surface area contributed by atoms with Crippen LogP contribution in [0.15, 0.2) is 24.3 Å². The van der Waals surface area contributed by atoms with E-state index < -0.39 is 0 Å². The van der Waals surface area contributed by atoms with Crippen molar-refractivity contribution in [3.8, 4) is 0 Å². The van der Waals surface area contributed by atoms with E-state index in [0.717, 1.165) is 19.6 Å². The van der Waals surface area contributed by atoms with Gasteiger partial charge >= 0.3 is 0 Å². The fourth-order valence-corrected chi connectivity index (χ4v) is 2.16. The van der Waals surface area contributed by atoms with E-state index in [4.69, 9.17) is 0 Å². The molecule has 0 bridgehead atoms. The normalized spacial score (nSPS) is 20.3. The second-order valence-electron chi connectivity index (χ2n) is 4.41. The van der Waals surface area contributed by atoms with Gasteiger partial charge in [0.05, 0.1) is 0 Å². The minimum Gasteiger partial charge on any atom is -0.308 e. The van der Waals surface area contributed by atoms with Crippen LogP contribution in [0.25, 0.3) is 0 Å². The number of likely N-dealkylation sites (N-methyl/N-ethyl adjacent to an activating group) is 1. The van der Waals surface area contributed by atoms with Crippen molar-refractivity contribution in [3.05, 3.63) is 35.4 Å². The molecule has 2 heteroatoms. The van der Waals surface area contributed by atoms with E-state index in [2.05, 4.69) is 48.5 Å². The van der Waals surface area contributed by atoms with E-state index in [0.29, 0.717) is 6.04 Å². The summed E-state index contributed by atoms with van der Waals surface area (Å²) in [6, 6.07) is 9.37. The third kappa shape index (κ3) is 2.58. The summed E-state index contributed by atoms with van der Waals surface area (Å²) < 4.78 is 0. The molecule has 2 nitrogen and oxygen atoms in total. The van der Waals surface area contributed by atoms with E-state index in [1.807, 2.05) is 0 Å². The average molecular weight is 204 g/mol. The molecule has 0 aromatic heterocycles. The van der Waals surface area contributed by atoms with Gasteiger partial charge in [-0.05, 0) is 31.1 Å². The van der Waals surface area contributed by atoms with Gasteiger partial charge in [-0.15, -0.1) is 0 Å². The molecule has 1 aliphatic rings. The van der Waals surface area contributed by atoms with Crippen LogP contribution in [0.5, 0.6) is 0 Å². The van der Waals surface area contributed by atoms with E-state index in [-0.39, 0.29) is 0 Å². The largest absolute Gasteiger partial charge is 0.308 e. The fraction of sp³-hybridized carbons (Fsp3) is 0.538. The quantitative estimate of drug-likeness (QED) is 0.805. The molecule has 0 aliphatic carbocycles. The van der Waals surface area contributed by atoms with Gasteiger partial charge < -0.3 is 10.2 Å². The van der Waals surface area contributed by atoms with Gasteiger partial charge in [0.1, 0.15) is 0 Å². The zero-order chi connectivity index (χ0) is 10.7. The summed E-state index contributed by atoms with van der Waals surface area (Å²) in [5.74, 6) is 0. The van der Waals surface area contributed by atoms with Gasteiger partial charge in [-0.1, -0.05) is 31.2 Å². The van der Waals surface area contributed by atoms with Crippen LogP contribution in [-0.4, -0.2) is 31.1 Å². The van der Waals surface area contributed by atoms with Gasteiger partial charge in [0.2, 0.25) is 0 Å². The molecule has 82 valence electrons. The predicted octanol–water partition coefficient (Wildman–Crippen LogP) is 1.65. The highest BCUT2D eigenvalue weighted by Gasteiger charge is 2.17. The molecular formula is C13H20N2. The Bertz CT molecular complexity index is 322. The second-order valence-corrected chi connectivity index (χ2v) is 4.41. The fourth-order valence-electron chi connectivity index (χ4n) is 2.16. The minimum atomic E-state index is 0.616. The molecule has 0 saturated carbocycles. The first-order chi connectivity index (χ1) is 7.29. The van der Waals surface area contributed by atoms with Crippen LogP contribution in [0.1, 0.15) is 18.1 Å². The summed E-state index contributed by atoms with van der Waals surface area (Å²) >= 11 is 0. The lowest BCUT2D eigenvalue weighted by atomic mass is 9.96. The van der Waals surface area contributed by atoms with Crippen molar-refractivity contribution in [2.24, 2.45) is 0 Å². The first kappa shape index (κ1) is 10.7. The van der Waals surface area contributed by atoms with Crippen LogP contribution >= 0.6 is 0 Å². The molecule has 1 heterocycles. The van der Waals surface area contributed by atoms with Gasteiger partial charge in [0.15, 0.2) is 0 Å². The standard InChI is InChI=1S/C13H20N2/c1-3-15(2)10-13-8-11-6-4-5-7-12(11)9-14-13/h4-7,13-14H,3,8-10H2,1-2H3. The van der Waals surface area contributed by atoms with Crippen molar-refractivity contribution in [3.63, 3.8) is 0 Å². The Labute approximate surface area is 92.3 Å². The Balaban J connectivity index is 1.99. The number of rotatable bonds is 3. The van der Waals surface area contributed by atoms with E-state index in [9.17, 15) is 0 Å². The van der Waals surface area contributed by atoms with Gasteiger partial charge in [0, 0.05) is 19.1 Å². The second kappa shape index (κ2) is 4.77. The van der Waals surface area contributed by atoms with Crippen molar-refractivity contribution < 1.29 is 0 Å². The summed E-state index contributed by atoms with van der Waals surface area (Å²) in [6.45, 7) is 5.50. The number of fused-ring (bicyclic) bond motifs is 1. The van der Waals surface area contributed by atoms with Crippen molar-refractivity contribution in [1.82, 2.24) is 10.2 Å². The number of hydrogen-bond donors (Lipinski definition) is 1. The maximum absolute atomic E-state index is 3.60. The smallest absolute Gasteiger partial charge is 0.0238 e. The van der Waals surface area contributed by atoms with E-state index >= 15 is 0 Å². The summed E-state index contributed by atoms with van der Waals surface area (Å²) in [5, 5.41) is 3.60. The van der Waals surface area contributed by atoms with Gasteiger partial charge in [-0.2, -0.15) is 0 Å². The highest BCUT2D eigenvalue weighted by atomic mass is 15.1. The number of nitrogens with one attached hydrogen (secondary N) is 1. The number of nitrogens with zero attached hydrogens (tertiary/aromatic N) is 1. The Morgan fingerprint density at radius 3 is 2.80 bits per heavy atom. The van der Waals surface area contributed by atoms with Crippen molar-refractivity contribution in [1.29, 1.82) is 0 Å². The maximum atomic E-state index is 3.60. The summed E-state index contributed by atoms with van der Waals surface area (Å²) in [6.07, 6.45) is 1.17. The molecular weight excluding hydrogens is 184 g/mol. The molecule has 0 amide bonds. The van der Waals surface area contributed by atoms with Crippen LogP contribution in [-0.2, 0) is 13.0 Å². The third-order valence-electron chi connectivity index (χ3n) is 3.24. The van der Waals surface area contributed by atoms with Gasteiger partial charge in [0.25, 0.3) is 0 Å². The molecule has 1 unspecified atom stereocenters. The SMILES string of the molecule is CCN(C)CC1Cc2ccccc2CN1. The van der Waals surface area contributed by atoms with E-state index in [1.165, 1.54) is 17.5 Å². The van der Waals surface area contributed by atoms with Crippen LogP contribution in [0.2, 0.25) is 0 Å². The third-order valence-corrected chi connectivity index (χ3v) is 3.24. The maximum Gasteiger partial charge on any atom is 0.0238 e. The van der Waals surface area contributed by atoms with E-state index in [1.54, 1.807) is 0 Å². The number of hydrogen-bond acceptors (Lipinski definition) is 2. The highest BCUT2D eigenvalue weighted by Crippen LogP contribution is 2.16. The van der Waals surface area contributed by atoms with Crippen LogP contribution in [0, 0.1) is 0 Å². The van der Waals surface area contributed by atoms with Gasteiger partial charge in [-0.25, -0.2) is 0 Å². The van der Waals surface area contributed by atoms with Crippen LogP contribution in [0.4, 0.5) is 0 Å². The Morgan fingerprint density at radius 2 is 2.07 bits per heavy atom. The van der Waals surface area contributed by atoms with Crippen molar-refractivity contribution in [2.45, 2.75) is 25.9 Å². The molecule has 2 rings (SSSR count). The molecule has 1 atom stereocenters.